The number of halogens is 3. The third-order valence-electron chi connectivity index (χ3n) is 1.85. The molecule has 0 spiro atoms. The lowest BCUT2D eigenvalue weighted by Crippen LogP contribution is -2.24. The molecule has 1 rings (SSSR count). The smallest absolute Gasteiger partial charge is 0.339 e. The highest BCUT2D eigenvalue weighted by Crippen LogP contribution is 2.23. The quantitative estimate of drug-likeness (QED) is 0.354. The summed E-state index contributed by atoms with van der Waals surface area (Å²) < 4.78 is 8.20. The second-order valence-electron chi connectivity index (χ2n) is 3.20. The van der Waals surface area contributed by atoms with Crippen LogP contribution in [0.2, 0.25) is 0 Å². The lowest BCUT2D eigenvalue weighted by molar-refractivity contribution is 0.0357. The topological polar surface area (TPSA) is 52.3 Å². The summed E-state index contributed by atoms with van der Waals surface area (Å²) in [6, 6.07) is 3.85. The van der Waals surface area contributed by atoms with E-state index < -0.39 is 0 Å². The molecule has 0 fully saturated rings. The van der Waals surface area contributed by atoms with Crippen molar-refractivity contribution in [2.24, 2.45) is 5.73 Å². The predicted molar refractivity (Wildman–Crippen MR) is 88.5 cm³/mol. The Morgan fingerprint density at radius 3 is 2.62 bits per heavy atom. The van der Waals surface area contributed by atoms with Gasteiger partial charge in [0, 0.05) is 17.3 Å². The van der Waals surface area contributed by atoms with Crippen LogP contribution in [0.4, 0.5) is 0 Å². The molecule has 2 N–H and O–H groups in total. The molecule has 0 bridgehead atoms. The number of hydrogen-bond acceptors (Lipinski definition) is 3. The van der Waals surface area contributed by atoms with E-state index >= 15 is 0 Å². The summed E-state index contributed by atoms with van der Waals surface area (Å²) in [5.41, 5.74) is 6.02. The van der Waals surface area contributed by atoms with Crippen LogP contribution in [0.1, 0.15) is 17.3 Å². The molecule has 0 radical (unpaired) electrons. The van der Waals surface area contributed by atoms with Crippen LogP contribution in [0.3, 0.4) is 0 Å². The van der Waals surface area contributed by atoms with Crippen LogP contribution < -0.4 is 5.73 Å². The van der Waals surface area contributed by atoms with Crippen molar-refractivity contribution >= 4 is 73.7 Å². The van der Waals surface area contributed by atoms with E-state index in [0.29, 0.717) is 12.1 Å². The average molecular weight is 557 g/mol. The van der Waals surface area contributed by atoms with Gasteiger partial charge < -0.3 is 10.5 Å². The van der Waals surface area contributed by atoms with E-state index in [-0.39, 0.29) is 12.1 Å². The Labute approximate surface area is 135 Å². The number of nitrogens with two attached hydrogens (primary N) is 1. The first-order valence-electron chi connectivity index (χ1n) is 4.51. The number of benzene rings is 1. The predicted octanol–water partition coefficient (Wildman–Crippen LogP) is 3.00. The first kappa shape index (κ1) is 14.9. The maximum absolute atomic E-state index is 11.9. The number of carbonyl (C=O) groups excluding carboxylic acids is 1. The second kappa shape index (κ2) is 6.69. The summed E-state index contributed by atoms with van der Waals surface area (Å²) in [4.78, 5) is 11.9. The first-order valence-corrected chi connectivity index (χ1v) is 7.75. The fourth-order valence-electron chi connectivity index (χ4n) is 0.999. The Hall–Kier alpha value is 0.840. The third-order valence-corrected chi connectivity index (χ3v) is 5.52. The average Bonchev–Trinajstić information content (AvgIpc) is 2.22. The van der Waals surface area contributed by atoms with Gasteiger partial charge in [-0.1, -0.05) is 0 Å². The molecule has 88 valence electrons. The molecule has 0 heterocycles. The zero-order valence-corrected chi connectivity index (χ0v) is 14.9. The summed E-state index contributed by atoms with van der Waals surface area (Å²) in [6.45, 7) is 2.12. The Balaban J connectivity index is 2.99. The van der Waals surface area contributed by atoms with Crippen molar-refractivity contribution in [3.8, 4) is 0 Å². The van der Waals surface area contributed by atoms with Crippen LogP contribution in [-0.2, 0) is 4.74 Å². The van der Waals surface area contributed by atoms with Gasteiger partial charge in [0.15, 0.2) is 0 Å². The standard InChI is InChI=1S/C10H10I3NO2/c1-5(4-14)16-10(15)7-2-6(11)3-8(12)9(7)13/h2-3,5H,4,14H2,1H3. The number of ether oxygens (including phenoxy) is 1. The molecular formula is C10H10I3NO2. The van der Waals surface area contributed by atoms with Crippen molar-refractivity contribution < 1.29 is 9.53 Å². The van der Waals surface area contributed by atoms with E-state index in [4.69, 9.17) is 10.5 Å². The molecule has 0 saturated carbocycles. The van der Waals surface area contributed by atoms with Gasteiger partial charge in [0.25, 0.3) is 0 Å². The first-order chi connectivity index (χ1) is 7.45. The largest absolute Gasteiger partial charge is 0.458 e. The molecule has 16 heavy (non-hydrogen) atoms. The molecule has 0 aliphatic rings. The molecule has 6 heteroatoms. The zero-order valence-electron chi connectivity index (χ0n) is 8.47. The minimum atomic E-state index is -0.307. The van der Waals surface area contributed by atoms with Crippen LogP contribution in [-0.4, -0.2) is 18.6 Å². The summed E-state index contributed by atoms with van der Waals surface area (Å²) in [5.74, 6) is -0.307. The summed E-state index contributed by atoms with van der Waals surface area (Å²) >= 11 is 6.54. The summed E-state index contributed by atoms with van der Waals surface area (Å²) in [6.07, 6.45) is -0.251. The molecule has 1 atom stereocenters. The fourth-order valence-corrected chi connectivity index (χ4v) is 3.38. The number of hydrogen-bond donors (Lipinski definition) is 1. The summed E-state index contributed by atoms with van der Waals surface area (Å²) in [7, 11) is 0. The van der Waals surface area contributed by atoms with Crippen LogP contribution in [0.25, 0.3) is 0 Å². The SMILES string of the molecule is CC(CN)OC(=O)c1cc(I)cc(I)c1I. The van der Waals surface area contributed by atoms with Crippen molar-refractivity contribution in [1.82, 2.24) is 0 Å². The normalized spacial score (nSPS) is 12.3. The van der Waals surface area contributed by atoms with Gasteiger partial charge in [-0.15, -0.1) is 0 Å². The van der Waals surface area contributed by atoms with Gasteiger partial charge in [-0.2, -0.15) is 0 Å². The minimum absolute atomic E-state index is 0.251. The number of carbonyl (C=O) groups is 1. The van der Waals surface area contributed by atoms with Gasteiger partial charge in [-0.3, -0.25) is 0 Å². The van der Waals surface area contributed by atoms with E-state index in [2.05, 4.69) is 67.8 Å². The van der Waals surface area contributed by atoms with Crippen LogP contribution >= 0.6 is 67.8 Å². The van der Waals surface area contributed by atoms with Gasteiger partial charge in [0.1, 0.15) is 6.10 Å². The Morgan fingerprint density at radius 1 is 1.44 bits per heavy atom. The van der Waals surface area contributed by atoms with Gasteiger partial charge >= 0.3 is 5.97 Å². The van der Waals surface area contributed by atoms with Crippen LogP contribution in [0.15, 0.2) is 12.1 Å². The van der Waals surface area contributed by atoms with Crippen molar-refractivity contribution in [3.63, 3.8) is 0 Å². The van der Waals surface area contributed by atoms with E-state index in [1.54, 1.807) is 6.92 Å². The highest BCUT2D eigenvalue weighted by Gasteiger charge is 2.16. The lowest BCUT2D eigenvalue weighted by Gasteiger charge is -2.12. The van der Waals surface area contributed by atoms with E-state index in [9.17, 15) is 4.79 Å². The van der Waals surface area contributed by atoms with Gasteiger partial charge in [-0.25, -0.2) is 4.79 Å². The monoisotopic (exact) mass is 557 g/mol. The molecule has 0 amide bonds. The molecule has 0 aromatic heterocycles. The Morgan fingerprint density at radius 2 is 2.06 bits per heavy atom. The van der Waals surface area contributed by atoms with E-state index in [1.165, 1.54) is 0 Å². The van der Waals surface area contributed by atoms with E-state index in [1.807, 2.05) is 12.1 Å². The van der Waals surface area contributed by atoms with Gasteiger partial charge in [-0.05, 0) is 86.8 Å². The van der Waals surface area contributed by atoms with Gasteiger partial charge in [0.2, 0.25) is 0 Å². The minimum Gasteiger partial charge on any atom is -0.458 e. The fraction of sp³-hybridized carbons (Fsp3) is 0.300. The number of esters is 1. The maximum atomic E-state index is 11.9. The lowest BCUT2D eigenvalue weighted by atomic mass is 10.2. The molecule has 0 aliphatic carbocycles. The third kappa shape index (κ3) is 3.95. The molecule has 1 aromatic carbocycles. The molecule has 0 saturated heterocycles. The molecule has 1 unspecified atom stereocenters. The van der Waals surface area contributed by atoms with Crippen molar-refractivity contribution in [3.05, 3.63) is 28.4 Å². The van der Waals surface area contributed by atoms with Crippen LogP contribution in [0.5, 0.6) is 0 Å². The number of rotatable bonds is 3. The van der Waals surface area contributed by atoms with Crippen molar-refractivity contribution in [2.45, 2.75) is 13.0 Å². The van der Waals surface area contributed by atoms with E-state index in [0.717, 1.165) is 10.7 Å². The molecule has 0 aliphatic heterocycles. The van der Waals surface area contributed by atoms with Crippen molar-refractivity contribution in [2.75, 3.05) is 6.54 Å². The Bertz CT molecular complexity index is 409. The van der Waals surface area contributed by atoms with Crippen molar-refractivity contribution in [1.29, 1.82) is 0 Å². The van der Waals surface area contributed by atoms with Gasteiger partial charge in [0.05, 0.1) is 5.56 Å². The zero-order chi connectivity index (χ0) is 12.3. The van der Waals surface area contributed by atoms with Crippen LogP contribution in [0, 0.1) is 10.7 Å². The summed E-state index contributed by atoms with van der Waals surface area (Å²) in [5, 5.41) is 0. The molecule has 1 aromatic rings. The molecule has 3 nitrogen and oxygen atoms in total. The highest BCUT2D eigenvalue weighted by molar-refractivity contribution is 14.1. The molecular weight excluding hydrogens is 547 g/mol. The second-order valence-corrected chi connectivity index (χ2v) is 6.69. The maximum Gasteiger partial charge on any atom is 0.339 e. The highest BCUT2D eigenvalue weighted by atomic mass is 127. The Kier molecular flexibility index (Phi) is 6.23.